The number of benzene rings is 2. The van der Waals surface area contributed by atoms with Gasteiger partial charge in [-0.05, 0) is 48.7 Å². The van der Waals surface area contributed by atoms with Crippen molar-refractivity contribution in [3.63, 3.8) is 0 Å². The Balaban J connectivity index is 1.50. The van der Waals surface area contributed by atoms with Gasteiger partial charge in [0.25, 0.3) is 0 Å². The van der Waals surface area contributed by atoms with Gasteiger partial charge in [0, 0.05) is 49.3 Å². The molecule has 0 saturated carbocycles. The van der Waals surface area contributed by atoms with Gasteiger partial charge in [-0.1, -0.05) is 30.3 Å². The van der Waals surface area contributed by atoms with Crippen LogP contribution in [0.25, 0.3) is 44.9 Å². The predicted molar refractivity (Wildman–Crippen MR) is 143 cm³/mol. The Bertz CT molecular complexity index is 1480. The summed E-state index contributed by atoms with van der Waals surface area (Å²) in [5.74, 6) is 1.30. The fourth-order valence-corrected chi connectivity index (χ4v) is 4.44. The van der Waals surface area contributed by atoms with E-state index in [-0.39, 0.29) is 5.82 Å². The topological polar surface area (TPSA) is 72.3 Å². The van der Waals surface area contributed by atoms with E-state index in [0.717, 1.165) is 51.4 Å². The van der Waals surface area contributed by atoms with Gasteiger partial charge >= 0.3 is 0 Å². The molecule has 36 heavy (non-hydrogen) atoms. The van der Waals surface area contributed by atoms with E-state index < -0.39 is 0 Å². The summed E-state index contributed by atoms with van der Waals surface area (Å²) in [5.41, 5.74) is 4.58. The lowest BCUT2D eigenvalue weighted by Gasteiger charge is -2.03. The van der Waals surface area contributed by atoms with Crippen LogP contribution in [-0.4, -0.2) is 50.8 Å². The van der Waals surface area contributed by atoms with Crippen molar-refractivity contribution < 1.29 is 8.81 Å². The Kier molecular flexibility index (Phi) is 7.08. The summed E-state index contributed by atoms with van der Waals surface area (Å²) in [6.45, 7) is 0.716. The number of halogens is 1. The lowest BCUT2D eigenvalue weighted by atomic mass is 10.0. The monoisotopic (exact) mass is 500 g/mol. The van der Waals surface area contributed by atoms with Crippen LogP contribution in [0, 0.1) is 5.82 Å². The number of fused-ring (bicyclic) bond motifs is 1. The highest BCUT2D eigenvalue weighted by atomic mass is 32.2. The summed E-state index contributed by atoms with van der Waals surface area (Å²) in [6.07, 6.45) is 6.17. The van der Waals surface area contributed by atoms with Crippen LogP contribution in [-0.2, 0) is 6.54 Å². The summed E-state index contributed by atoms with van der Waals surface area (Å²) in [5, 5.41) is 5.65. The average molecular weight is 501 g/mol. The lowest BCUT2D eigenvalue weighted by Crippen LogP contribution is -2.06. The summed E-state index contributed by atoms with van der Waals surface area (Å²) in [4.78, 5) is 10.9. The van der Waals surface area contributed by atoms with Crippen molar-refractivity contribution in [3.05, 3.63) is 79.0 Å². The van der Waals surface area contributed by atoms with E-state index in [4.69, 9.17) is 9.52 Å². The Morgan fingerprint density at radius 3 is 2.61 bits per heavy atom. The summed E-state index contributed by atoms with van der Waals surface area (Å²) in [7, 11) is 3.89. The first-order chi connectivity index (χ1) is 17.6. The van der Waals surface area contributed by atoms with E-state index in [2.05, 4.69) is 14.4 Å². The zero-order valence-corrected chi connectivity index (χ0v) is 20.8. The van der Waals surface area contributed by atoms with Crippen molar-refractivity contribution in [2.24, 2.45) is 4.40 Å². The molecule has 5 aromatic rings. The quantitative estimate of drug-likeness (QED) is 0.104. The van der Waals surface area contributed by atoms with Crippen LogP contribution < -0.4 is 0 Å². The maximum Gasteiger partial charge on any atom is 0.230 e. The van der Waals surface area contributed by atoms with E-state index in [0.29, 0.717) is 12.3 Å². The number of hydrogen-bond acceptors (Lipinski definition) is 6. The molecule has 3 heterocycles. The van der Waals surface area contributed by atoms with E-state index in [1.807, 2.05) is 66.3 Å². The molecule has 0 atom stereocenters. The van der Waals surface area contributed by atoms with Crippen LogP contribution in [0.15, 0.2) is 82.0 Å². The molecule has 0 aliphatic rings. The molecular formula is C27H25FN6OS. The van der Waals surface area contributed by atoms with Crippen LogP contribution in [0.2, 0.25) is 0 Å². The molecule has 0 N–H and O–H groups in total. The molecule has 0 fully saturated rings. The lowest BCUT2D eigenvalue weighted by molar-refractivity contribution is 0.608. The third kappa shape index (κ3) is 5.31. The first-order valence-corrected chi connectivity index (χ1v) is 12.5. The van der Waals surface area contributed by atoms with Crippen LogP contribution in [0.4, 0.5) is 4.39 Å². The second-order valence-electron chi connectivity index (χ2n) is 8.45. The van der Waals surface area contributed by atoms with Gasteiger partial charge in [-0.25, -0.2) is 18.8 Å². The number of furan rings is 1. The molecule has 5 rings (SSSR count). The molecule has 7 nitrogen and oxygen atoms in total. The maximum atomic E-state index is 13.6. The average Bonchev–Trinajstić information content (AvgIpc) is 3.52. The minimum Gasteiger partial charge on any atom is -0.438 e. The van der Waals surface area contributed by atoms with Gasteiger partial charge < -0.3 is 9.32 Å². The zero-order valence-electron chi connectivity index (χ0n) is 20.0. The number of aromatic nitrogens is 4. The summed E-state index contributed by atoms with van der Waals surface area (Å²) < 4.78 is 25.9. The second kappa shape index (κ2) is 10.7. The van der Waals surface area contributed by atoms with Crippen molar-refractivity contribution in [2.45, 2.75) is 13.0 Å². The van der Waals surface area contributed by atoms with E-state index >= 15 is 0 Å². The van der Waals surface area contributed by atoms with Crippen LogP contribution >= 0.6 is 11.9 Å². The van der Waals surface area contributed by atoms with Gasteiger partial charge in [0.05, 0.1) is 17.4 Å². The van der Waals surface area contributed by atoms with Gasteiger partial charge in [-0.3, -0.25) is 4.68 Å². The molecular weight excluding hydrogens is 475 g/mol. The number of hydrogen-bond donors (Lipinski definition) is 0. The van der Waals surface area contributed by atoms with Crippen molar-refractivity contribution in [2.75, 3.05) is 19.8 Å². The molecule has 2 aromatic carbocycles. The number of nitrogens with zero attached hydrogens (tertiary/aromatic N) is 6. The zero-order chi connectivity index (χ0) is 24.9. The number of aryl methyl sites for hydroxylation is 1. The molecule has 0 saturated heterocycles. The van der Waals surface area contributed by atoms with E-state index in [9.17, 15) is 4.39 Å². The first kappa shape index (κ1) is 23.7. The Labute approximate surface area is 212 Å². The van der Waals surface area contributed by atoms with Crippen molar-refractivity contribution in [1.29, 1.82) is 0 Å². The van der Waals surface area contributed by atoms with Crippen LogP contribution in [0.3, 0.4) is 0 Å². The molecule has 182 valence electrons. The van der Waals surface area contributed by atoms with Crippen molar-refractivity contribution in [1.82, 2.24) is 24.6 Å². The highest BCUT2D eigenvalue weighted by molar-refractivity contribution is 7.98. The third-order valence-corrected chi connectivity index (χ3v) is 6.21. The van der Waals surface area contributed by atoms with Gasteiger partial charge in [0.15, 0.2) is 0 Å². The predicted octanol–water partition coefficient (Wildman–Crippen LogP) is 6.19. The Morgan fingerprint density at radius 2 is 1.83 bits per heavy atom. The number of rotatable bonds is 9. The largest absolute Gasteiger partial charge is 0.438 e. The molecule has 3 aromatic heterocycles. The van der Waals surface area contributed by atoms with E-state index in [1.54, 1.807) is 18.5 Å². The minimum absolute atomic E-state index is 0.290. The molecule has 0 unspecified atom stereocenters. The third-order valence-electron chi connectivity index (χ3n) is 5.50. The van der Waals surface area contributed by atoms with Gasteiger partial charge in [-0.15, -0.1) is 0 Å². The van der Waals surface area contributed by atoms with E-state index in [1.165, 1.54) is 30.4 Å². The second-order valence-corrected chi connectivity index (χ2v) is 9.33. The molecule has 0 aliphatic carbocycles. The SMILES string of the molecule is CN(C)/C=N/SCCCn1cc(-c2ncnc3oc(-c4ccccc4)cc23)c(-c2ccc(F)cc2)n1. The van der Waals surface area contributed by atoms with Crippen molar-refractivity contribution in [3.8, 4) is 33.8 Å². The molecule has 0 spiro atoms. The molecule has 0 bridgehead atoms. The Hall–Kier alpha value is -3.98. The summed E-state index contributed by atoms with van der Waals surface area (Å²) >= 11 is 1.52. The fraction of sp³-hybridized carbons (Fsp3) is 0.185. The first-order valence-electron chi connectivity index (χ1n) is 11.5. The van der Waals surface area contributed by atoms with Crippen molar-refractivity contribution >= 4 is 29.4 Å². The Morgan fingerprint density at radius 1 is 1.03 bits per heavy atom. The fourth-order valence-electron chi connectivity index (χ4n) is 3.82. The maximum absolute atomic E-state index is 13.6. The smallest absolute Gasteiger partial charge is 0.230 e. The minimum atomic E-state index is -0.290. The standard InChI is InChI=1S/C27H25FN6OS/c1-33(2)18-31-36-14-6-13-34-16-23(25(32-34)20-9-11-21(28)12-10-20)26-22-15-24(19-7-4-3-5-8-19)35-27(22)30-17-29-26/h3-5,7-12,15-18H,6,13-14H2,1-2H3/b31-18+. The summed E-state index contributed by atoms with van der Waals surface area (Å²) in [6, 6.07) is 18.2. The molecule has 0 radical (unpaired) electrons. The molecule has 0 aliphatic heterocycles. The van der Waals surface area contributed by atoms with Gasteiger partial charge in [0.2, 0.25) is 5.71 Å². The molecule has 0 amide bonds. The van der Waals surface area contributed by atoms with Gasteiger partial charge in [-0.2, -0.15) is 5.10 Å². The van der Waals surface area contributed by atoms with Gasteiger partial charge in [0.1, 0.15) is 23.6 Å². The normalized spacial score (nSPS) is 11.5. The van der Waals surface area contributed by atoms with Crippen LogP contribution in [0.5, 0.6) is 0 Å². The highest BCUT2D eigenvalue weighted by Crippen LogP contribution is 2.36. The van der Waals surface area contributed by atoms with Crippen LogP contribution in [0.1, 0.15) is 6.42 Å². The highest BCUT2D eigenvalue weighted by Gasteiger charge is 2.19. The molecule has 9 heteroatoms.